The number of carbonyl (C=O) groups is 3. The molecule has 1 unspecified atom stereocenters. The number of carboxylic acid groups (broad SMARTS) is 1. The Morgan fingerprint density at radius 2 is 2.25 bits per heavy atom. The summed E-state index contributed by atoms with van der Waals surface area (Å²) in [6, 6.07) is 3.78. The third-order valence-corrected chi connectivity index (χ3v) is 4.26. The average molecular weight is 373 g/mol. The van der Waals surface area contributed by atoms with Crippen LogP contribution in [0.1, 0.15) is 6.42 Å². The van der Waals surface area contributed by atoms with Crippen LogP contribution in [0, 0.1) is 0 Å². The molecule has 0 saturated heterocycles. The van der Waals surface area contributed by atoms with Gasteiger partial charge in [0.15, 0.2) is 5.75 Å². The van der Waals surface area contributed by atoms with E-state index >= 15 is 0 Å². The maximum absolute atomic E-state index is 12.2. The lowest BCUT2D eigenvalue weighted by Crippen LogP contribution is -2.48. The largest absolute Gasteiger partial charge is 0.480 e. The second-order valence-electron chi connectivity index (χ2n) is 5.18. The second-order valence-corrected chi connectivity index (χ2v) is 6.60. The van der Waals surface area contributed by atoms with Crippen LogP contribution in [0.15, 0.2) is 18.2 Å². The summed E-state index contributed by atoms with van der Waals surface area (Å²) in [6.07, 6.45) is 2.19. The van der Waals surface area contributed by atoms with E-state index in [1.54, 1.807) is 18.2 Å². The number of hydrogen-bond acceptors (Lipinski definition) is 6. The number of carboxylic acids is 1. The van der Waals surface area contributed by atoms with E-state index in [4.69, 9.17) is 21.4 Å². The van der Waals surface area contributed by atoms with Crippen molar-refractivity contribution in [2.24, 2.45) is 0 Å². The lowest BCUT2D eigenvalue weighted by atomic mass is 10.2. The molecule has 2 rings (SSSR count). The van der Waals surface area contributed by atoms with Crippen LogP contribution >= 0.6 is 23.4 Å². The number of halogens is 1. The van der Waals surface area contributed by atoms with Crippen molar-refractivity contribution in [3.63, 3.8) is 0 Å². The summed E-state index contributed by atoms with van der Waals surface area (Å²) in [5.41, 5.74) is 0.522. The van der Waals surface area contributed by atoms with E-state index < -0.39 is 23.9 Å². The third-order valence-electron chi connectivity index (χ3n) is 3.38. The Bertz CT molecular complexity index is 655. The van der Waals surface area contributed by atoms with E-state index in [9.17, 15) is 14.4 Å². The zero-order chi connectivity index (χ0) is 17.7. The predicted molar refractivity (Wildman–Crippen MR) is 91.9 cm³/mol. The van der Waals surface area contributed by atoms with Crippen molar-refractivity contribution in [2.45, 2.75) is 12.5 Å². The second kappa shape index (κ2) is 8.25. The number of fused-ring (bicyclic) bond motifs is 1. The fourth-order valence-corrected chi connectivity index (χ4v) is 2.91. The van der Waals surface area contributed by atoms with Gasteiger partial charge in [-0.1, -0.05) is 11.6 Å². The summed E-state index contributed by atoms with van der Waals surface area (Å²) in [6.45, 7) is -0.269. The van der Waals surface area contributed by atoms with E-state index in [1.807, 2.05) is 6.26 Å². The highest BCUT2D eigenvalue weighted by Gasteiger charge is 2.27. The van der Waals surface area contributed by atoms with Gasteiger partial charge in [-0.05, 0) is 36.6 Å². The summed E-state index contributed by atoms with van der Waals surface area (Å²) in [5.74, 6) is -1.12. The Morgan fingerprint density at radius 1 is 1.50 bits per heavy atom. The quantitative estimate of drug-likeness (QED) is 0.551. The molecular weight excluding hydrogens is 356 g/mol. The highest BCUT2D eigenvalue weighted by Crippen LogP contribution is 2.34. The van der Waals surface area contributed by atoms with Gasteiger partial charge in [0.25, 0.3) is 0 Å². The molecule has 0 saturated carbocycles. The van der Waals surface area contributed by atoms with Gasteiger partial charge < -0.3 is 20.1 Å². The lowest BCUT2D eigenvalue weighted by Gasteiger charge is -2.29. The number of benzene rings is 1. The molecule has 7 nitrogen and oxygen atoms in total. The zero-order valence-corrected chi connectivity index (χ0v) is 14.5. The van der Waals surface area contributed by atoms with E-state index in [1.165, 1.54) is 16.7 Å². The molecule has 1 aliphatic heterocycles. The highest BCUT2D eigenvalue weighted by atomic mass is 35.5. The molecule has 1 atom stereocenters. The van der Waals surface area contributed by atoms with Gasteiger partial charge in [0.2, 0.25) is 5.91 Å². The first-order valence-corrected chi connectivity index (χ1v) is 8.94. The van der Waals surface area contributed by atoms with Gasteiger partial charge in [-0.3, -0.25) is 4.79 Å². The van der Waals surface area contributed by atoms with Gasteiger partial charge in [0.05, 0.1) is 12.2 Å². The van der Waals surface area contributed by atoms with Crippen molar-refractivity contribution in [3.05, 3.63) is 23.2 Å². The number of carbonyl (C=O) groups excluding carboxylic acids is 2. The fourth-order valence-electron chi connectivity index (χ4n) is 2.27. The molecule has 1 aliphatic rings. The Kier molecular flexibility index (Phi) is 6.33. The van der Waals surface area contributed by atoms with Crippen LogP contribution in [-0.2, 0) is 14.4 Å². The first kappa shape index (κ1) is 18.4. The molecule has 0 aliphatic carbocycles. The van der Waals surface area contributed by atoms with Crippen molar-refractivity contribution < 1.29 is 24.2 Å². The Morgan fingerprint density at radius 3 is 2.92 bits per heavy atom. The van der Waals surface area contributed by atoms with Crippen LogP contribution in [-0.4, -0.2) is 54.1 Å². The van der Waals surface area contributed by atoms with E-state index in [2.05, 4.69) is 5.32 Å². The summed E-state index contributed by atoms with van der Waals surface area (Å²) >= 11 is 7.45. The number of esters is 1. The molecule has 130 valence electrons. The predicted octanol–water partition coefficient (Wildman–Crippen LogP) is 1.39. The monoisotopic (exact) mass is 372 g/mol. The van der Waals surface area contributed by atoms with Crippen molar-refractivity contribution in [1.82, 2.24) is 5.32 Å². The van der Waals surface area contributed by atoms with Crippen LogP contribution in [0.2, 0.25) is 5.02 Å². The maximum atomic E-state index is 12.2. The Labute approximate surface area is 148 Å². The number of amides is 1. The van der Waals surface area contributed by atoms with Crippen molar-refractivity contribution in [3.8, 4) is 5.75 Å². The molecule has 1 amide bonds. The standard InChI is InChI=1S/C15H17ClN2O5S/c1-24-5-4-10(15(21)22)17-13(19)7-18-8-14(20)23-12-3-2-9(16)6-11(12)18/h2-3,6,10H,4-5,7-8H2,1H3,(H,17,19)(H,21,22). The summed E-state index contributed by atoms with van der Waals surface area (Å²) < 4.78 is 5.10. The zero-order valence-electron chi connectivity index (χ0n) is 13.0. The maximum Gasteiger partial charge on any atom is 0.331 e. The van der Waals surface area contributed by atoms with E-state index in [0.717, 1.165) is 0 Å². The fraction of sp³-hybridized carbons (Fsp3) is 0.400. The molecule has 0 spiro atoms. The summed E-state index contributed by atoms with van der Waals surface area (Å²) in [5, 5.41) is 12.1. The minimum Gasteiger partial charge on any atom is -0.480 e. The van der Waals surface area contributed by atoms with E-state index in [0.29, 0.717) is 28.6 Å². The number of hydrogen-bond donors (Lipinski definition) is 2. The summed E-state index contributed by atoms with van der Waals surface area (Å²) in [4.78, 5) is 36.5. The van der Waals surface area contributed by atoms with Crippen molar-refractivity contribution in [1.29, 1.82) is 0 Å². The normalized spacial score (nSPS) is 14.6. The molecule has 24 heavy (non-hydrogen) atoms. The third kappa shape index (κ3) is 4.78. The smallest absolute Gasteiger partial charge is 0.331 e. The van der Waals surface area contributed by atoms with E-state index in [-0.39, 0.29) is 13.1 Å². The first-order chi connectivity index (χ1) is 11.4. The molecule has 0 radical (unpaired) electrons. The van der Waals surface area contributed by atoms with Gasteiger partial charge in [0.1, 0.15) is 12.6 Å². The highest BCUT2D eigenvalue weighted by molar-refractivity contribution is 7.98. The number of ether oxygens (including phenoxy) is 1. The molecular formula is C15H17ClN2O5S. The Balaban J connectivity index is 2.07. The Hall–Kier alpha value is -1.93. The van der Waals surface area contributed by atoms with Crippen LogP contribution in [0.5, 0.6) is 5.75 Å². The summed E-state index contributed by atoms with van der Waals surface area (Å²) in [7, 11) is 0. The van der Waals surface area contributed by atoms with Gasteiger partial charge >= 0.3 is 11.9 Å². The van der Waals surface area contributed by atoms with Crippen molar-refractivity contribution >= 4 is 46.9 Å². The lowest BCUT2D eigenvalue weighted by molar-refractivity contribution is -0.141. The molecule has 1 heterocycles. The number of rotatable bonds is 7. The van der Waals surface area contributed by atoms with Crippen LogP contribution in [0.4, 0.5) is 5.69 Å². The number of nitrogens with one attached hydrogen (secondary N) is 1. The molecule has 1 aromatic carbocycles. The molecule has 1 aromatic rings. The minimum atomic E-state index is -1.08. The molecule has 9 heteroatoms. The first-order valence-electron chi connectivity index (χ1n) is 7.17. The molecule has 2 N–H and O–H groups in total. The number of nitrogens with zero attached hydrogens (tertiary/aromatic N) is 1. The molecule has 0 fully saturated rings. The van der Waals surface area contributed by atoms with Crippen molar-refractivity contribution in [2.75, 3.05) is 30.0 Å². The van der Waals surface area contributed by atoms with Crippen LogP contribution in [0.3, 0.4) is 0 Å². The topological polar surface area (TPSA) is 95.9 Å². The average Bonchev–Trinajstić information content (AvgIpc) is 2.51. The van der Waals surface area contributed by atoms with Gasteiger partial charge in [-0.25, -0.2) is 9.59 Å². The van der Waals surface area contributed by atoms with Gasteiger partial charge in [0, 0.05) is 5.02 Å². The number of anilines is 1. The van der Waals surface area contributed by atoms with Crippen LogP contribution in [0.25, 0.3) is 0 Å². The number of aliphatic carboxylic acids is 1. The SMILES string of the molecule is CSCCC(NC(=O)CN1CC(=O)Oc2ccc(Cl)cc21)C(=O)O. The minimum absolute atomic E-state index is 0.108. The van der Waals surface area contributed by atoms with Gasteiger partial charge in [-0.15, -0.1) is 0 Å². The van der Waals surface area contributed by atoms with Gasteiger partial charge in [-0.2, -0.15) is 11.8 Å². The number of thioether (sulfide) groups is 1. The van der Waals surface area contributed by atoms with Crippen LogP contribution < -0.4 is 15.0 Å². The molecule has 0 bridgehead atoms. The molecule has 0 aromatic heterocycles.